The zero-order chi connectivity index (χ0) is 17.3. The first kappa shape index (κ1) is 16.8. The lowest BCUT2D eigenvalue weighted by molar-refractivity contribution is -0.120. The minimum Gasteiger partial charge on any atom is -0.504 e. The largest absolute Gasteiger partial charge is 0.504 e. The monoisotopic (exact) mass is 356 g/mol. The molecule has 1 aliphatic carbocycles. The van der Waals surface area contributed by atoms with E-state index in [-0.39, 0.29) is 16.8 Å². The summed E-state index contributed by atoms with van der Waals surface area (Å²) in [6, 6.07) is 4.99. The van der Waals surface area contributed by atoms with E-state index in [1.54, 1.807) is 18.2 Å². The number of carbonyl (C=O) groups excluding carboxylic acids is 1. The zero-order valence-electron chi connectivity index (χ0n) is 12.6. The molecule has 0 radical (unpaired) electrons. The topological polar surface area (TPSA) is 62.2 Å². The van der Waals surface area contributed by atoms with E-state index in [4.69, 9.17) is 5.11 Å². The number of halogens is 3. The van der Waals surface area contributed by atoms with Gasteiger partial charge >= 0.3 is 6.18 Å². The summed E-state index contributed by atoms with van der Waals surface area (Å²) < 4.78 is 37.7. The number of anilines is 1. The second kappa shape index (κ2) is 6.43. The molecule has 8 heteroatoms. The predicted octanol–water partition coefficient (Wildman–Crippen LogP) is 4.89. The molecular formula is C16H15F3N2O2S. The molecule has 1 amide bonds. The van der Waals surface area contributed by atoms with Gasteiger partial charge in [0.1, 0.15) is 5.01 Å². The molecule has 0 unspecified atom stereocenters. The maximum atomic E-state index is 12.4. The molecule has 0 bridgehead atoms. The summed E-state index contributed by atoms with van der Waals surface area (Å²) in [7, 11) is 0. The molecule has 1 heterocycles. The van der Waals surface area contributed by atoms with E-state index in [0.29, 0.717) is 22.0 Å². The van der Waals surface area contributed by atoms with Crippen LogP contribution >= 0.6 is 11.3 Å². The first-order chi connectivity index (χ1) is 11.3. The number of hydrogen-bond acceptors (Lipinski definition) is 4. The van der Waals surface area contributed by atoms with Crippen molar-refractivity contribution in [3.05, 3.63) is 29.0 Å². The van der Waals surface area contributed by atoms with Gasteiger partial charge in [-0.3, -0.25) is 4.79 Å². The number of carbonyl (C=O) groups is 1. The first-order valence-electron chi connectivity index (χ1n) is 7.52. The molecule has 2 N–H and O–H groups in total. The lowest BCUT2D eigenvalue weighted by Crippen LogP contribution is -2.20. The van der Waals surface area contributed by atoms with Crippen LogP contribution in [0.4, 0.5) is 18.9 Å². The quantitative estimate of drug-likeness (QED) is 0.770. The number of aliphatic hydroxyl groups is 1. The van der Waals surface area contributed by atoms with Crippen LogP contribution in [0.1, 0.15) is 30.7 Å². The number of aliphatic hydroxyl groups excluding tert-OH is 1. The standard InChI is InChI=1S/C16H15F3N2O2S/c17-16(18,19)13(22)8-14-21-11-6-5-10(7-12(11)24-14)20-15(23)9-3-1-2-4-9/h5-9,22H,1-4H2,(H,20,23). The minimum atomic E-state index is -4.79. The summed E-state index contributed by atoms with van der Waals surface area (Å²) in [6.07, 6.45) is -0.297. The molecule has 0 atom stereocenters. The highest BCUT2D eigenvalue weighted by molar-refractivity contribution is 7.19. The fourth-order valence-corrected chi connectivity index (χ4v) is 3.66. The van der Waals surface area contributed by atoms with Crippen LogP contribution in [0.2, 0.25) is 0 Å². The van der Waals surface area contributed by atoms with Crippen LogP contribution < -0.4 is 5.32 Å². The van der Waals surface area contributed by atoms with Gasteiger partial charge in [0.05, 0.1) is 10.2 Å². The normalized spacial score (nSPS) is 16.7. The highest BCUT2D eigenvalue weighted by Crippen LogP contribution is 2.31. The third-order valence-electron chi connectivity index (χ3n) is 3.95. The summed E-state index contributed by atoms with van der Waals surface area (Å²) in [4.78, 5) is 16.2. The van der Waals surface area contributed by atoms with Crippen LogP contribution in [0.3, 0.4) is 0 Å². The number of nitrogens with one attached hydrogen (secondary N) is 1. The number of nitrogens with zero attached hydrogens (tertiary/aromatic N) is 1. The van der Waals surface area contributed by atoms with Gasteiger partial charge < -0.3 is 10.4 Å². The second-order valence-electron chi connectivity index (χ2n) is 5.73. The summed E-state index contributed by atoms with van der Waals surface area (Å²) in [5.41, 5.74) is 1.11. The third-order valence-corrected chi connectivity index (χ3v) is 4.91. The highest BCUT2D eigenvalue weighted by atomic mass is 32.1. The molecule has 24 heavy (non-hydrogen) atoms. The van der Waals surface area contributed by atoms with Crippen molar-refractivity contribution in [1.82, 2.24) is 4.98 Å². The number of alkyl halides is 3. The maximum Gasteiger partial charge on any atom is 0.448 e. The average molecular weight is 356 g/mol. The van der Waals surface area contributed by atoms with Gasteiger partial charge in [-0.2, -0.15) is 13.2 Å². The Morgan fingerprint density at radius 2 is 2.04 bits per heavy atom. The van der Waals surface area contributed by atoms with Gasteiger partial charge in [0.25, 0.3) is 0 Å². The fraction of sp³-hybridized carbons (Fsp3) is 0.375. The molecule has 128 valence electrons. The SMILES string of the molecule is O=C(Nc1ccc2nc(C=C(O)C(F)(F)F)sc2c1)C1CCCC1. The molecule has 1 saturated carbocycles. The number of rotatable bonds is 3. The number of fused-ring (bicyclic) bond motifs is 1. The Bertz CT molecular complexity index is 792. The van der Waals surface area contributed by atoms with E-state index >= 15 is 0 Å². The number of hydrogen-bond donors (Lipinski definition) is 2. The van der Waals surface area contributed by atoms with Crippen molar-refractivity contribution in [1.29, 1.82) is 0 Å². The highest BCUT2D eigenvalue weighted by Gasteiger charge is 2.34. The number of thiazole rings is 1. The zero-order valence-corrected chi connectivity index (χ0v) is 13.4. The molecule has 0 saturated heterocycles. The molecule has 0 spiro atoms. The Kier molecular flexibility index (Phi) is 4.49. The number of amides is 1. The van der Waals surface area contributed by atoms with E-state index < -0.39 is 11.9 Å². The Balaban J connectivity index is 1.80. The predicted molar refractivity (Wildman–Crippen MR) is 86.9 cm³/mol. The van der Waals surface area contributed by atoms with Gasteiger partial charge in [-0.15, -0.1) is 11.3 Å². The van der Waals surface area contributed by atoms with Gasteiger partial charge in [-0.05, 0) is 31.0 Å². The van der Waals surface area contributed by atoms with Crippen molar-refractivity contribution >= 4 is 39.2 Å². The lowest BCUT2D eigenvalue weighted by Gasteiger charge is -2.10. The molecule has 1 fully saturated rings. The van der Waals surface area contributed by atoms with Crippen LogP contribution in [0.25, 0.3) is 16.3 Å². The number of aromatic nitrogens is 1. The van der Waals surface area contributed by atoms with E-state index in [1.807, 2.05) is 0 Å². The van der Waals surface area contributed by atoms with Gasteiger partial charge in [0, 0.05) is 17.7 Å². The van der Waals surface area contributed by atoms with Gasteiger partial charge in [-0.25, -0.2) is 4.98 Å². The van der Waals surface area contributed by atoms with Crippen molar-refractivity contribution < 1.29 is 23.1 Å². The van der Waals surface area contributed by atoms with Crippen LogP contribution in [0.5, 0.6) is 0 Å². The third kappa shape index (κ3) is 3.69. The number of allylic oxidation sites excluding steroid dienone is 1. The van der Waals surface area contributed by atoms with Crippen molar-refractivity contribution in [2.75, 3.05) is 5.32 Å². The minimum absolute atomic E-state index is 0.0220. The Labute approximate surface area is 140 Å². The fourth-order valence-electron chi connectivity index (χ4n) is 2.71. The van der Waals surface area contributed by atoms with E-state index in [2.05, 4.69) is 10.3 Å². The Morgan fingerprint density at radius 1 is 1.33 bits per heavy atom. The van der Waals surface area contributed by atoms with Crippen LogP contribution in [0.15, 0.2) is 24.0 Å². The molecular weight excluding hydrogens is 341 g/mol. The van der Waals surface area contributed by atoms with Crippen LogP contribution in [0, 0.1) is 5.92 Å². The molecule has 2 aromatic rings. The van der Waals surface area contributed by atoms with E-state index in [9.17, 15) is 18.0 Å². The molecule has 3 rings (SSSR count). The summed E-state index contributed by atoms with van der Waals surface area (Å²) >= 11 is 1.02. The molecule has 1 aromatic carbocycles. The Morgan fingerprint density at radius 3 is 2.71 bits per heavy atom. The Hall–Kier alpha value is -2.09. The van der Waals surface area contributed by atoms with Gasteiger partial charge in [0.15, 0.2) is 0 Å². The van der Waals surface area contributed by atoms with Crippen molar-refractivity contribution in [3.63, 3.8) is 0 Å². The molecule has 1 aliphatic rings. The van der Waals surface area contributed by atoms with Crippen LogP contribution in [-0.4, -0.2) is 22.2 Å². The number of benzene rings is 1. The lowest BCUT2D eigenvalue weighted by atomic mass is 10.1. The first-order valence-corrected chi connectivity index (χ1v) is 8.34. The maximum absolute atomic E-state index is 12.4. The van der Waals surface area contributed by atoms with E-state index in [1.165, 1.54) is 0 Å². The van der Waals surface area contributed by atoms with E-state index in [0.717, 1.165) is 37.0 Å². The second-order valence-corrected chi connectivity index (χ2v) is 6.79. The summed E-state index contributed by atoms with van der Waals surface area (Å²) in [5, 5.41) is 11.9. The molecule has 1 aromatic heterocycles. The van der Waals surface area contributed by atoms with Crippen LogP contribution in [-0.2, 0) is 4.79 Å². The smallest absolute Gasteiger partial charge is 0.448 e. The summed E-state index contributed by atoms with van der Waals surface area (Å²) in [6.45, 7) is 0. The summed E-state index contributed by atoms with van der Waals surface area (Å²) in [5.74, 6) is -1.67. The van der Waals surface area contributed by atoms with Crippen molar-refractivity contribution in [3.8, 4) is 0 Å². The molecule has 0 aliphatic heterocycles. The van der Waals surface area contributed by atoms with Crippen molar-refractivity contribution in [2.24, 2.45) is 5.92 Å². The van der Waals surface area contributed by atoms with Gasteiger partial charge in [0.2, 0.25) is 11.7 Å². The van der Waals surface area contributed by atoms with Gasteiger partial charge in [-0.1, -0.05) is 12.8 Å². The average Bonchev–Trinajstić information content (AvgIpc) is 3.14. The molecule has 4 nitrogen and oxygen atoms in total. The van der Waals surface area contributed by atoms with Crippen molar-refractivity contribution in [2.45, 2.75) is 31.9 Å².